The Hall–Kier alpha value is -2.54. The van der Waals surface area contributed by atoms with Crippen molar-refractivity contribution in [2.75, 3.05) is 13.1 Å². The molecule has 2 aromatic rings. The first-order valence-corrected chi connectivity index (χ1v) is 10.8. The standard InChI is InChI=1S/C24H25F3N2O2/c25-24(26,27)30-22-9-6-17(14-20(22)18-7-8-18)16-29-12-10-23(11-13-29)15-21(28-31-23)19-4-2-1-3-5-19/h1-6,9,14,18H,7-8,10-13,15-16H2. The zero-order valence-electron chi connectivity index (χ0n) is 17.2. The van der Waals surface area contributed by atoms with Crippen molar-refractivity contribution in [1.29, 1.82) is 0 Å². The van der Waals surface area contributed by atoms with E-state index >= 15 is 0 Å². The van der Waals surface area contributed by atoms with Gasteiger partial charge in [0.05, 0.1) is 5.71 Å². The maximum absolute atomic E-state index is 12.7. The summed E-state index contributed by atoms with van der Waals surface area (Å²) in [6.07, 6.45) is -0.223. The number of nitrogens with zero attached hydrogens (tertiary/aromatic N) is 2. The molecule has 2 aliphatic heterocycles. The van der Waals surface area contributed by atoms with Crippen LogP contribution >= 0.6 is 0 Å². The van der Waals surface area contributed by atoms with E-state index in [1.54, 1.807) is 6.07 Å². The molecule has 2 heterocycles. The zero-order chi connectivity index (χ0) is 21.5. The van der Waals surface area contributed by atoms with Crippen LogP contribution in [0.1, 0.15) is 54.7 Å². The van der Waals surface area contributed by atoms with E-state index in [4.69, 9.17) is 4.84 Å². The van der Waals surface area contributed by atoms with Crippen molar-refractivity contribution >= 4 is 5.71 Å². The molecule has 2 aromatic carbocycles. The normalized spacial score (nSPS) is 21.1. The van der Waals surface area contributed by atoms with E-state index in [2.05, 4.69) is 26.9 Å². The lowest BCUT2D eigenvalue weighted by Gasteiger charge is -2.37. The topological polar surface area (TPSA) is 34.1 Å². The largest absolute Gasteiger partial charge is 0.573 e. The molecule has 4 nitrogen and oxygen atoms in total. The first-order valence-electron chi connectivity index (χ1n) is 10.8. The molecule has 1 saturated heterocycles. The van der Waals surface area contributed by atoms with E-state index in [9.17, 15) is 13.2 Å². The van der Waals surface area contributed by atoms with Gasteiger partial charge in [0.25, 0.3) is 0 Å². The van der Waals surface area contributed by atoms with E-state index in [1.165, 1.54) is 6.07 Å². The Morgan fingerprint density at radius 3 is 2.48 bits per heavy atom. The second-order valence-corrected chi connectivity index (χ2v) is 8.83. The van der Waals surface area contributed by atoms with Gasteiger partial charge in [-0.3, -0.25) is 4.90 Å². The molecule has 5 rings (SSSR count). The van der Waals surface area contributed by atoms with Gasteiger partial charge in [0.1, 0.15) is 11.4 Å². The number of hydrogen-bond acceptors (Lipinski definition) is 4. The number of benzene rings is 2. The molecule has 164 valence electrons. The predicted octanol–water partition coefficient (Wildman–Crippen LogP) is 5.62. The van der Waals surface area contributed by atoms with Crippen LogP contribution in [0.5, 0.6) is 5.75 Å². The van der Waals surface area contributed by atoms with Crippen molar-refractivity contribution in [2.24, 2.45) is 5.16 Å². The highest BCUT2D eigenvalue weighted by atomic mass is 19.4. The summed E-state index contributed by atoms with van der Waals surface area (Å²) in [4.78, 5) is 8.24. The maximum Gasteiger partial charge on any atom is 0.573 e. The number of oxime groups is 1. The van der Waals surface area contributed by atoms with Crippen molar-refractivity contribution < 1.29 is 22.7 Å². The minimum absolute atomic E-state index is 0.0544. The van der Waals surface area contributed by atoms with Gasteiger partial charge < -0.3 is 9.57 Å². The van der Waals surface area contributed by atoms with Gasteiger partial charge in [-0.15, -0.1) is 13.2 Å². The molecule has 1 spiro atoms. The molecule has 31 heavy (non-hydrogen) atoms. The van der Waals surface area contributed by atoms with Gasteiger partial charge in [-0.2, -0.15) is 0 Å². The van der Waals surface area contributed by atoms with Gasteiger partial charge in [0, 0.05) is 38.9 Å². The first kappa shape index (κ1) is 20.4. The third kappa shape index (κ3) is 4.71. The van der Waals surface area contributed by atoms with Gasteiger partial charge in [0.15, 0.2) is 0 Å². The van der Waals surface area contributed by atoms with Crippen LogP contribution in [0.4, 0.5) is 13.2 Å². The smallest absolute Gasteiger partial charge is 0.405 e. The van der Waals surface area contributed by atoms with Crippen LogP contribution < -0.4 is 4.74 Å². The van der Waals surface area contributed by atoms with Crippen LogP contribution in [0.25, 0.3) is 0 Å². The van der Waals surface area contributed by atoms with Gasteiger partial charge in [0.2, 0.25) is 0 Å². The Labute approximate surface area is 179 Å². The Kier molecular flexibility index (Phi) is 5.16. The SMILES string of the molecule is FC(F)(F)Oc1ccc(CN2CCC3(CC2)CC(c2ccccc2)=NO3)cc1C1CC1. The lowest BCUT2D eigenvalue weighted by molar-refractivity contribution is -0.274. The highest BCUT2D eigenvalue weighted by molar-refractivity contribution is 6.01. The van der Waals surface area contributed by atoms with Crippen molar-refractivity contribution in [3.8, 4) is 5.75 Å². The van der Waals surface area contributed by atoms with Crippen molar-refractivity contribution in [1.82, 2.24) is 4.90 Å². The quantitative estimate of drug-likeness (QED) is 0.617. The van der Waals surface area contributed by atoms with Crippen LogP contribution in [-0.2, 0) is 11.4 Å². The molecule has 0 radical (unpaired) electrons. The third-order valence-corrected chi connectivity index (χ3v) is 6.44. The molecule has 0 aromatic heterocycles. The summed E-state index contributed by atoms with van der Waals surface area (Å²) < 4.78 is 42.4. The third-order valence-electron chi connectivity index (χ3n) is 6.44. The lowest BCUT2D eigenvalue weighted by Crippen LogP contribution is -2.44. The molecule has 0 N–H and O–H groups in total. The molecule has 7 heteroatoms. The monoisotopic (exact) mass is 430 g/mol. The Bertz CT molecular complexity index is 963. The maximum atomic E-state index is 12.7. The zero-order valence-corrected chi connectivity index (χ0v) is 17.2. The molecule has 1 saturated carbocycles. The Morgan fingerprint density at radius 2 is 1.81 bits per heavy atom. The number of rotatable bonds is 5. The molecule has 0 unspecified atom stereocenters. The van der Waals surface area contributed by atoms with E-state index < -0.39 is 6.36 Å². The highest BCUT2D eigenvalue weighted by Gasteiger charge is 2.42. The fourth-order valence-corrected chi connectivity index (χ4v) is 4.58. The molecule has 0 bridgehead atoms. The molecule has 0 atom stereocenters. The Morgan fingerprint density at radius 1 is 1.06 bits per heavy atom. The van der Waals surface area contributed by atoms with E-state index in [-0.39, 0.29) is 17.3 Å². The minimum Gasteiger partial charge on any atom is -0.405 e. The summed E-state index contributed by atoms with van der Waals surface area (Å²) in [7, 11) is 0. The van der Waals surface area contributed by atoms with E-state index in [0.717, 1.165) is 62.0 Å². The molecule has 0 amide bonds. The lowest BCUT2D eigenvalue weighted by atomic mass is 9.85. The van der Waals surface area contributed by atoms with E-state index in [0.29, 0.717) is 12.1 Å². The summed E-state index contributed by atoms with van der Waals surface area (Å²) in [5.74, 6) is 0.128. The second-order valence-electron chi connectivity index (χ2n) is 8.83. The summed E-state index contributed by atoms with van der Waals surface area (Å²) in [5, 5.41) is 4.36. The second kappa shape index (κ2) is 7.86. The van der Waals surface area contributed by atoms with Crippen LogP contribution in [0.15, 0.2) is 53.7 Å². The number of hydrogen-bond donors (Lipinski definition) is 0. The summed E-state index contributed by atoms with van der Waals surface area (Å²) >= 11 is 0. The fourth-order valence-electron chi connectivity index (χ4n) is 4.58. The highest BCUT2D eigenvalue weighted by Crippen LogP contribution is 2.46. The van der Waals surface area contributed by atoms with Crippen molar-refractivity contribution in [3.05, 3.63) is 65.2 Å². The van der Waals surface area contributed by atoms with Crippen LogP contribution in [0.3, 0.4) is 0 Å². The fraction of sp³-hybridized carbons (Fsp3) is 0.458. The van der Waals surface area contributed by atoms with Gasteiger partial charge in [-0.1, -0.05) is 47.6 Å². The van der Waals surface area contributed by atoms with Crippen molar-refractivity contribution in [2.45, 2.75) is 56.5 Å². The van der Waals surface area contributed by atoms with Crippen LogP contribution in [-0.4, -0.2) is 35.7 Å². The summed E-state index contributed by atoms with van der Waals surface area (Å²) in [6, 6.07) is 15.2. The predicted molar refractivity (Wildman–Crippen MR) is 111 cm³/mol. The van der Waals surface area contributed by atoms with E-state index in [1.807, 2.05) is 24.3 Å². The van der Waals surface area contributed by atoms with Crippen LogP contribution in [0.2, 0.25) is 0 Å². The molecular weight excluding hydrogens is 405 g/mol. The number of halogens is 3. The summed E-state index contributed by atoms with van der Waals surface area (Å²) in [5.41, 5.74) is 3.59. The average Bonchev–Trinajstić information content (AvgIpc) is 3.51. The minimum atomic E-state index is -4.66. The van der Waals surface area contributed by atoms with Gasteiger partial charge in [-0.25, -0.2) is 0 Å². The number of piperidine rings is 1. The molecular formula is C24H25F3N2O2. The molecule has 2 fully saturated rings. The number of alkyl halides is 3. The van der Waals surface area contributed by atoms with Crippen molar-refractivity contribution in [3.63, 3.8) is 0 Å². The molecule has 3 aliphatic rings. The van der Waals surface area contributed by atoms with Crippen LogP contribution in [0, 0.1) is 0 Å². The first-order chi connectivity index (χ1) is 14.9. The molecule has 1 aliphatic carbocycles. The number of likely N-dealkylation sites (tertiary alicyclic amines) is 1. The number of ether oxygens (including phenoxy) is 1. The van der Waals surface area contributed by atoms with Gasteiger partial charge >= 0.3 is 6.36 Å². The Balaban J connectivity index is 1.20. The summed E-state index contributed by atoms with van der Waals surface area (Å²) in [6.45, 7) is 2.46. The average molecular weight is 430 g/mol. The van der Waals surface area contributed by atoms with Gasteiger partial charge in [-0.05, 0) is 41.5 Å².